The quantitative estimate of drug-likeness (QED) is 0.565. The molecule has 0 amide bonds. The van der Waals surface area contributed by atoms with Crippen LogP contribution in [0.1, 0.15) is 11.5 Å². The van der Waals surface area contributed by atoms with E-state index in [4.69, 9.17) is 0 Å². The van der Waals surface area contributed by atoms with Crippen molar-refractivity contribution in [2.45, 2.75) is 13.8 Å². The summed E-state index contributed by atoms with van der Waals surface area (Å²) < 4.78 is 18.0. The molecule has 4 rings (SSSR count). The number of imidazole rings is 1. The molecule has 0 atom stereocenters. The van der Waals surface area contributed by atoms with Gasteiger partial charge in [-0.25, -0.2) is 14.4 Å². The fourth-order valence-electron chi connectivity index (χ4n) is 3.01. The predicted octanol–water partition coefficient (Wildman–Crippen LogP) is 3.30. The van der Waals surface area contributed by atoms with Gasteiger partial charge in [0.15, 0.2) is 0 Å². The van der Waals surface area contributed by atoms with Crippen molar-refractivity contribution in [1.82, 2.24) is 18.9 Å². The summed E-state index contributed by atoms with van der Waals surface area (Å²) in [6.45, 7) is 3.49. The van der Waals surface area contributed by atoms with Crippen molar-refractivity contribution in [2.75, 3.05) is 0 Å². The number of aryl methyl sites for hydroxylation is 2. The minimum atomic E-state index is -0.399. The lowest BCUT2D eigenvalue weighted by Crippen LogP contribution is -2.21. The van der Waals surface area contributed by atoms with Crippen LogP contribution in [0.5, 0.6) is 0 Å². The third-order valence-electron chi connectivity index (χ3n) is 4.14. The molecule has 4 aromatic rings. The third kappa shape index (κ3) is 2.61. The third-order valence-corrected chi connectivity index (χ3v) is 4.14. The molecule has 0 saturated carbocycles. The molecule has 0 saturated heterocycles. The van der Waals surface area contributed by atoms with E-state index in [0.29, 0.717) is 22.8 Å². The lowest BCUT2D eigenvalue weighted by atomic mass is 10.1. The molecule has 3 aromatic heterocycles. The van der Waals surface area contributed by atoms with Gasteiger partial charge in [0, 0.05) is 29.1 Å². The zero-order valence-electron chi connectivity index (χ0n) is 13.8. The van der Waals surface area contributed by atoms with Gasteiger partial charge in [-0.2, -0.15) is 0 Å². The van der Waals surface area contributed by atoms with E-state index in [9.17, 15) is 9.18 Å². The van der Waals surface area contributed by atoms with Crippen molar-refractivity contribution in [3.8, 4) is 16.8 Å². The van der Waals surface area contributed by atoms with Gasteiger partial charge in [0.25, 0.3) is 5.56 Å². The topological polar surface area (TPSA) is 52.2 Å². The van der Waals surface area contributed by atoms with Crippen LogP contribution in [0.25, 0.3) is 22.3 Å². The highest BCUT2D eigenvalue weighted by molar-refractivity contribution is 5.67. The van der Waals surface area contributed by atoms with E-state index in [1.54, 1.807) is 38.5 Å². The van der Waals surface area contributed by atoms with Crippen LogP contribution in [0.15, 0.2) is 59.9 Å². The molecular weight excluding hydrogens is 319 g/mol. The number of hydrogen-bond acceptors (Lipinski definition) is 3. The summed E-state index contributed by atoms with van der Waals surface area (Å²) in [5.74, 6) is 0.126. The molecule has 0 radical (unpaired) electrons. The lowest BCUT2D eigenvalue weighted by molar-refractivity contribution is 0.629. The summed E-state index contributed by atoms with van der Waals surface area (Å²) >= 11 is 0. The Bertz CT molecular complexity index is 1160. The van der Waals surface area contributed by atoms with E-state index in [2.05, 4.69) is 9.97 Å². The minimum Gasteiger partial charge on any atom is -0.306 e. The predicted molar refractivity (Wildman–Crippen MR) is 93.5 cm³/mol. The van der Waals surface area contributed by atoms with Gasteiger partial charge in [-0.3, -0.25) is 9.36 Å². The molecule has 0 bridgehead atoms. The maximum atomic E-state index is 14.7. The second kappa shape index (κ2) is 5.66. The first kappa shape index (κ1) is 15.3. The van der Waals surface area contributed by atoms with Crippen molar-refractivity contribution in [3.63, 3.8) is 0 Å². The van der Waals surface area contributed by atoms with Crippen molar-refractivity contribution < 1.29 is 4.39 Å². The summed E-state index contributed by atoms with van der Waals surface area (Å²) in [7, 11) is 0. The standard InChI is InChI=1S/C19H15FN4O/c1-12-7-19(25)24(13(2)22-12)15-5-6-17(18(20)8-15)14-3-4-16-9-21-11-23(16)10-14/h3-11H,1-2H3. The van der Waals surface area contributed by atoms with E-state index in [1.807, 2.05) is 22.7 Å². The van der Waals surface area contributed by atoms with Crippen molar-refractivity contribution in [1.29, 1.82) is 0 Å². The van der Waals surface area contributed by atoms with Gasteiger partial charge in [0.1, 0.15) is 11.6 Å². The Morgan fingerprint density at radius 3 is 2.68 bits per heavy atom. The highest BCUT2D eigenvalue weighted by Gasteiger charge is 2.11. The number of aromatic nitrogens is 4. The molecular formula is C19H15FN4O. The van der Waals surface area contributed by atoms with Gasteiger partial charge < -0.3 is 4.40 Å². The Morgan fingerprint density at radius 2 is 1.92 bits per heavy atom. The molecule has 0 spiro atoms. The number of benzene rings is 1. The molecule has 0 N–H and O–H groups in total. The molecule has 0 aliphatic rings. The average Bonchev–Trinajstić information content (AvgIpc) is 3.01. The van der Waals surface area contributed by atoms with Crippen LogP contribution in [0.4, 0.5) is 4.39 Å². The highest BCUT2D eigenvalue weighted by atomic mass is 19.1. The van der Waals surface area contributed by atoms with E-state index in [0.717, 1.165) is 11.1 Å². The first-order valence-corrected chi connectivity index (χ1v) is 7.82. The molecule has 124 valence electrons. The second-order valence-electron chi connectivity index (χ2n) is 5.93. The Balaban J connectivity index is 1.83. The summed E-state index contributed by atoms with van der Waals surface area (Å²) in [6, 6.07) is 9.93. The first-order chi connectivity index (χ1) is 12.0. The van der Waals surface area contributed by atoms with E-state index >= 15 is 0 Å². The summed E-state index contributed by atoms with van der Waals surface area (Å²) in [5, 5.41) is 0. The van der Waals surface area contributed by atoms with Crippen LogP contribution in [-0.4, -0.2) is 18.9 Å². The molecule has 5 nitrogen and oxygen atoms in total. The molecule has 0 aliphatic carbocycles. The Kier molecular flexibility index (Phi) is 3.46. The molecule has 25 heavy (non-hydrogen) atoms. The highest BCUT2D eigenvalue weighted by Crippen LogP contribution is 2.25. The largest absolute Gasteiger partial charge is 0.306 e. The van der Waals surface area contributed by atoms with Gasteiger partial charge in [0.05, 0.1) is 23.7 Å². The van der Waals surface area contributed by atoms with Crippen LogP contribution in [0, 0.1) is 19.7 Å². The van der Waals surface area contributed by atoms with Crippen LogP contribution in [0.3, 0.4) is 0 Å². The van der Waals surface area contributed by atoms with Gasteiger partial charge in [-0.1, -0.05) is 6.07 Å². The van der Waals surface area contributed by atoms with Gasteiger partial charge in [-0.15, -0.1) is 0 Å². The summed E-state index contributed by atoms with van der Waals surface area (Å²) in [6.07, 6.45) is 5.24. The lowest BCUT2D eigenvalue weighted by Gasteiger charge is -2.11. The SMILES string of the molecule is Cc1cc(=O)n(-c2ccc(-c3ccc4cncn4c3)c(F)c2)c(C)n1. The van der Waals surface area contributed by atoms with E-state index in [-0.39, 0.29) is 5.56 Å². The van der Waals surface area contributed by atoms with Crippen LogP contribution >= 0.6 is 0 Å². The number of pyridine rings is 1. The molecule has 0 unspecified atom stereocenters. The minimum absolute atomic E-state index is 0.225. The maximum Gasteiger partial charge on any atom is 0.258 e. The number of nitrogens with zero attached hydrogens (tertiary/aromatic N) is 4. The zero-order chi connectivity index (χ0) is 17.6. The van der Waals surface area contributed by atoms with Crippen LogP contribution in [-0.2, 0) is 0 Å². The number of hydrogen-bond donors (Lipinski definition) is 0. The fourth-order valence-corrected chi connectivity index (χ4v) is 3.01. The van der Waals surface area contributed by atoms with Crippen molar-refractivity contribution in [3.05, 3.63) is 82.8 Å². The Morgan fingerprint density at radius 1 is 1.08 bits per heavy atom. The van der Waals surface area contributed by atoms with E-state index in [1.165, 1.54) is 16.7 Å². The zero-order valence-corrected chi connectivity index (χ0v) is 13.8. The smallest absolute Gasteiger partial charge is 0.258 e. The number of rotatable bonds is 2. The van der Waals surface area contributed by atoms with Crippen molar-refractivity contribution in [2.24, 2.45) is 0 Å². The van der Waals surface area contributed by atoms with Crippen LogP contribution in [0.2, 0.25) is 0 Å². The van der Waals surface area contributed by atoms with E-state index < -0.39 is 5.82 Å². The molecule has 1 aromatic carbocycles. The number of fused-ring (bicyclic) bond motifs is 1. The maximum absolute atomic E-state index is 14.7. The normalized spacial score (nSPS) is 11.2. The fraction of sp³-hybridized carbons (Fsp3) is 0.105. The molecule has 3 heterocycles. The summed E-state index contributed by atoms with van der Waals surface area (Å²) in [4.78, 5) is 20.6. The first-order valence-electron chi connectivity index (χ1n) is 7.82. The Labute approximate surface area is 143 Å². The average molecular weight is 334 g/mol. The molecule has 6 heteroatoms. The van der Waals surface area contributed by atoms with Crippen molar-refractivity contribution >= 4 is 5.52 Å². The number of halogens is 1. The van der Waals surface area contributed by atoms with Gasteiger partial charge in [0.2, 0.25) is 0 Å². The Hall–Kier alpha value is -3.28. The van der Waals surface area contributed by atoms with Crippen LogP contribution < -0.4 is 5.56 Å². The monoisotopic (exact) mass is 334 g/mol. The van der Waals surface area contributed by atoms with Gasteiger partial charge in [-0.05, 0) is 38.1 Å². The molecule has 0 aliphatic heterocycles. The van der Waals surface area contributed by atoms with Gasteiger partial charge >= 0.3 is 0 Å². The summed E-state index contributed by atoms with van der Waals surface area (Å²) in [5.41, 5.74) is 3.01. The second-order valence-corrected chi connectivity index (χ2v) is 5.93. The molecule has 0 fully saturated rings.